The maximum Gasteiger partial charge on any atom is 0.425 e. The van der Waals surface area contributed by atoms with E-state index in [0.29, 0.717) is 28.1 Å². The highest BCUT2D eigenvalue weighted by Gasteiger charge is 2.30. The van der Waals surface area contributed by atoms with Crippen molar-refractivity contribution in [3.05, 3.63) is 64.7 Å². The van der Waals surface area contributed by atoms with Crippen LogP contribution in [-0.2, 0) is 10.9 Å². The number of carbonyl (C=O) groups excluding carboxylic acids is 1. The van der Waals surface area contributed by atoms with Crippen molar-refractivity contribution >= 4 is 23.3 Å². The minimum atomic E-state index is -4.44. The SMILES string of the molecule is COC(=O)NNC1=Nc2cc(C#N)ccc2C(c2ccc(C(F)(F)F)cc2)=NC1. The number of amides is 1. The lowest BCUT2D eigenvalue weighted by Crippen LogP contribution is -2.42. The molecule has 0 aliphatic carbocycles. The number of hydrazine groups is 1. The molecule has 1 heterocycles. The summed E-state index contributed by atoms with van der Waals surface area (Å²) in [7, 11) is 1.20. The number of carbonyl (C=O) groups is 1. The number of hydrogen-bond acceptors (Lipinski definition) is 6. The lowest BCUT2D eigenvalue weighted by molar-refractivity contribution is -0.137. The topological polar surface area (TPSA) is 98.9 Å². The van der Waals surface area contributed by atoms with Crippen LogP contribution in [0.2, 0.25) is 0 Å². The summed E-state index contributed by atoms with van der Waals surface area (Å²) in [5.74, 6) is 0.258. The van der Waals surface area contributed by atoms with Crippen LogP contribution < -0.4 is 10.9 Å². The molecule has 2 aromatic rings. The highest BCUT2D eigenvalue weighted by molar-refractivity contribution is 6.17. The zero-order valence-electron chi connectivity index (χ0n) is 15.0. The molecule has 0 radical (unpaired) electrons. The van der Waals surface area contributed by atoms with Gasteiger partial charge in [-0.05, 0) is 30.3 Å². The van der Waals surface area contributed by atoms with Crippen LogP contribution >= 0.6 is 0 Å². The van der Waals surface area contributed by atoms with Crippen LogP contribution in [0.4, 0.5) is 23.7 Å². The molecule has 1 aliphatic heterocycles. The van der Waals surface area contributed by atoms with Crippen LogP contribution in [0.5, 0.6) is 0 Å². The van der Waals surface area contributed by atoms with E-state index in [1.165, 1.54) is 25.3 Å². The number of nitrogens with zero attached hydrogens (tertiary/aromatic N) is 3. The van der Waals surface area contributed by atoms with E-state index < -0.39 is 17.8 Å². The van der Waals surface area contributed by atoms with Crippen molar-refractivity contribution in [1.82, 2.24) is 10.9 Å². The van der Waals surface area contributed by atoms with E-state index in [4.69, 9.17) is 5.26 Å². The summed E-state index contributed by atoms with van der Waals surface area (Å²) in [6.45, 7) is 0.0108. The van der Waals surface area contributed by atoms with E-state index in [0.717, 1.165) is 12.1 Å². The molecule has 29 heavy (non-hydrogen) atoms. The molecule has 2 N–H and O–H groups in total. The smallest absolute Gasteiger partial charge is 0.425 e. The van der Waals surface area contributed by atoms with Gasteiger partial charge in [-0.2, -0.15) is 18.4 Å². The Hall–Kier alpha value is -3.87. The van der Waals surface area contributed by atoms with Crippen molar-refractivity contribution in [2.45, 2.75) is 6.18 Å². The first kappa shape index (κ1) is 19.9. The summed E-state index contributed by atoms with van der Waals surface area (Å²) >= 11 is 0. The summed E-state index contributed by atoms with van der Waals surface area (Å²) in [6.07, 6.45) is -5.18. The lowest BCUT2D eigenvalue weighted by Gasteiger charge is -2.11. The van der Waals surface area contributed by atoms with Gasteiger partial charge < -0.3 is 4.74 Å². The Kier molecular flexibility index (Phi) is 5.50. The molecule has 7 nitrogen and oxygen atoms in total. The number of aliphatic imine (C=N–C) groups is 2. The van der Waals surface area contributed by atoms with Crippen LogP contribution in [-0.4, -0.2) is 31.3 Å². The van der Waals surface area contributed by atoms with E-state index >= 15 is 0 Å². The minimum Gasteiger partial charge on any atom is -0.452 e. The van der Waals surface area contributed by atoms with Crippen LogP contribution in [0.1, 0.15) is 22.3 Å². The third-order valence-corrected chi connectivity index (χ3v) is 4.00. The molecule has 0 bridgehead atoms. The first-order chi connectivity index (χ1) is 13.8. The van der Waals surface area contributed by atoms with Gasteiger partial charge in [-0.3, -0.25) is 10.4 Å². The monoisotopic (exact) mass is 401 g/mol. The first-order valence-electron chi connectivity index (χ1n) is 8.26. The zero-order valence-corrected chi connectivity index (χ0v) is 15.0. The van der Waals surface area contributed by atoms with Crippen LogP contribution in [0.3, 0.4) is 0 Å². The van der Waals surface area contributed by atoms with Crippen molar-refractivity contribution in [2.75, 3.05) is 13.7 Å². The number of halogens is 3. The van der Waals surface area contributed by atoms with Crippen molar-refractivity contribution in [3.63, 3.8) is 0 Å². The van der Waals surface area contributed by atoms with E-state index in [-0.39, 0.29) is 12.4 Å². The molecule has 0 saturated carbocycles. The molecule has 0 atom stereocenters. The maximum absolute atomic E-state index is 12.8. The fourth-order valence-electron chi connectivity index (χ4n) is 2.62. The normalized spacial score (nSPS) is 13.2. The molecule has 0 fully saturated rings. The summed E-state index contributed by atoms with van der Waals surface area (Å²) < 4.78 is 43.0. The summed E-state index contributed by atoms with van der Waals surface area (Å²) in [5, 5.41) is 9.15. The second kappa shape index (κ2) is 8.02. The Labute approximate surface area is 163 Å². The highest BCUT2D eigenvalue weighted by Crippen LogP contribution is 2.31. The van der Waals surface area contributed by atoms with Gasteiger partial charge in [0.1, 0.15) is 5.84 Å². The molecule has 148 valence electrons. The fourth-order valence-corrected chi connectivity index (χ4v) is 2.62. The number of ether oxygens (including phenoxy) is 1. The molecule has 2 aromatic carbocycles. The summed E-state index contributed by atoms with van der Waals surface area (Å²) in [5.41, 5.74) is 6.22. The Morgan fingerprint density at radius 2 is 1.93 bits per heavy atom. The molecular weight excluding hydrogens is 387 g/mol. The number of hydrogen-bond donors (Lipinski definition) is 2. The Balaban J connectivity index is 2.01. The van der Waals surface area contributed by atoms with Crippen LogP contribution in [0, 0.1) is 11.3 Å². The lowest BCUT2D eigenvalue weighted by atomic mass is 9.98. The average molecular weight is 401 g/mol. The van der Waals surface area contributed by atoms with Gasteiger partial charge in [0, 0.05) is 11.1 Å². The number of nitriles is 1. The highest BCUT2D eigenvalue weighted by atomic mass is 19.4. The molecule has 0 unspecified atom stereocenters. The third-order valence-electron chi connectivity index (χ3n) is 4.00. The van der Waals surface area contributed by atoms with Crippen LogP contribution in [0.25, 0.3) is 0 Å². The quantitative estimate of drug-likeness (QED) is 0.716. The fraction of sp³-hybridized carbons (Fsp3) is 0.158. The van der Waals surface area contributed by atoms with Gasteiger partial charge in [0.05, 0.1) is 42.2 Å². The molecule has 0 spiro atoms. The number of amidine groups is 1. The van der Waals surface area contributed by atoms with Crippen molar-refractivity contribution in [3.8, 4) is 6.07 Å². The molecule has 3 rings (SSSR count). The van der Waals surface area contributed by atoms with E-state index in [9.17, 15) is 18.0 Å². The predicted molar refractivity (Wildman–Crippen MR) is 98.9 cm³/mol. The number of methoxy groups -OCH3 is 1. The van der Waals surface area contributed by atoms with Crippen molar-refractivity contribution in [2.24, 2.45) is 9.98 Å². The second-order valence-corrected chi connectivity index (χ2v) is 5.88. The second-order valence-electron chi connectivity index (χ2n) is 5.88. The largest absolute Gasteiger partial charge is 0.452 e. The van der Waals surface area contributed by atoms with Gasteiger partial charge in [-0.25, -0.2) is 15.2 Å². The van der Waals surface area contributed by atoms with Gasteiger partial charge in [0.15, 0.2) is 0 Å². The molecule has 0 saturated heterocycles. The molecule has 1 amide bonds. The van der Waals surface area contributed by atoms with Gasteiger partial charge in [0.25, 0.3) is 0 Å². The number of benzene rings is 2. The summed E-state index contributed by atoms with van der Waals surface area (Å²) in [4.78, 5) is 20.1. The van der Waals surface area contributed by atoms with Crippen molar-refractivity contribution < 1.29 is 22.7 Å². The van der Waals surface area contributed by atoms with Crippen molar-refractivity contribution in [1.29, 1.82) is 5.26 Å². The van der Waals surface area contributed by atoms with Crippen LogP contribution in [0.15, 0.2) is 52.4 Å². The van der Waals surface area contributed by atoms with Gasteiger partial charge in [0.2, 0.25) is 0 Å². The third kappa shape index (κ3) is 4.52. The number of fused-ring (bicyclic) bond motifs is 1. The number of nitrogens with one attached hydrogen (secondary N) is 2. The van der Waals surface area contributed by atoms with Gasteiger partial charge >= 0.3 is 12.3 Å². The van der Waals surface area contributed by atoms with E-state index in [2.05, 4.69) is 25.6 Å². The predicted octanol–water partition coefficient (Wildman–Crippen LogP) is 3.32. The summed E-state index contributed by atoms with van der Waals surface area (Å²) in [6, 6.07) is 11.3. The Bertz CT molecular complexity index is 1040. The van der Waals surface area contributed by atoms with Gasteiger partial charge in [-0.15, -0.1) is 0 Å². The molecule has 10 heteroatoms. The molecular formula is C19H14F3N5O2. The average Bonchev–Trinajstić information content (AvgIpc) is 2.90. The van der Waals surface area contributed by atoms with Gasteiger partial charge in [-0.1, -0.05) is 12.1 Å². The molecule has 0 aromatic heterocycles. The number of alkyl halides is 3. The maximum atomic E-state index is 12.8. The Morgan fingerprint density at radius 1 is 1.21 bits per heavy atom. The first-order valence-corrected chi connectivity index (χ1v) is 8.26. The zero-order chi connectivity index (χ0) is 21.0. The number of rotatable bonds is 1. The molecule has 1 aliphatic rings. The van der Waals surface area contributed by atoms with E-state index in [1.807, 2.05) is 6.07 Å². The van der Waals surface area contributed by atoms with E-state index in [1.54, 1.807) is 12.1 Å². The Morgan fingerprint density at radius 3 is 2.55 bits per heavy atom. The standard InChI is InChI=1S/C19H14F3N5O2/c1-29-18(28)27-26-16-10-24-17(12-3-5-13(6-4-12)19(20,21)22)14-7-2-11(9-23)8-15(14)25-16/h2-8H,10H2,1H3,(H,25,26)(H,27,28). The minimum absolute atomic E-state index is 0.0108.